The van der Waals surface area contributed by atoms with Gasteiger partial charge in [-0.2, -0.15) is 0 Å². The molecular weight excluding hydrogens is 328 g/mol. The summed E-state index contributed by atoms with van der Waals surface area (Å²) in [6, 6.07) is 0. The van der Waals surface area contributed by atoms with Crippen molar-refractivity contribution in [1.82, 2.24) is 0 Å². The smallest absolute Gasteiger partial charge is 0.309 e. The van der Waals surface area contributed by atoms with Crippen LogP contribution in [0.25, 0.3) is 0 Å². The molecule has 0 rings (SSSR count). The molecule has 0 amide bonds. The molecule has 0 saturated carbocycles. The molecule has 0 aromatic rings. The summed E-state index contributed by atoms with van der Waals surface area (Å²) >= 11 is 0. The van der Waals surface area contributed by atoms with Crippen LogP contribution in [0.4, 0.5) is 0 Å². The predicted molar refractivity (Wildman–Crippen MR) is 107 cm³/mol. The van der Waals surface area contributed by atoms with E-state index in [2.05, 4.69) is 6.92 Å². The average molecular weight is 371 g/mol. The average Bonchev–Trinajstić information content (AvgIpc) is 2.54. The van der Waals surface area contributed by atoms with E-state index in [0.29, 0.717) is 12.3 Å². The summed E-state index contributed by atoms with van der Waals surface area (Å²) in [5.74, 6) is 0.233. The molecule has 0 spiro atoms. The highest BCUT2D eigenvalue weighted by molar-refractivity contribution is 5.72. The van der Waals surface area contributed by atoms with E-state index in [4.69, 9.17) is 9.47 Å². The van der Waals surface area contributed by atoms with Gasteiger partial charge in [0.15, 0.2) is 0 Å². The fraction of sp³-hybridized carbons (Fsp3) is 0.909. The van der Waals surface area contributed by atoms with Crippen molar-refractivity contribution < 1.29 is 19.1 Å². The Morgan fingerprint density at radius 1 is 0.654 bits per heavy atom. The molecule has 0 fully saturated rings. The molecule has 26 heavy (non-hydrogen) atoms. The van der Waals surface area contributed by atoms with Gasteiger partial charge in [-0.1, -0.05) is 58.8 Å². The van der Waals surface area contributed by atoms with Crippen LogP contribution in [0.1, 0.15) is 106 Å². The molecule has 4 nitrogen and oxygen atoms in total. The van der Waals surface area contributed by atoms with Crippen LogP contribution >= 0.6 is 0 Å². The second-order valence-electron chi connectivity index (χ2n) is 8.16. The Morgan fingerprint density at radius 3 is 1.62 bits per heavy atom. The minimum atomic E-state index is -0.0689. The Bertz CT molecular complexity index is 376. The first kappa shape index (κ1) is 24.9. The summed E-state index contributed by atoms with van der Waals surface area (Å²) in [7, 11) is 0. The molecule has 2 atom stereocenters. The van der Waals surface area contributed by atoms with Crippen LogP contribution in [-0.4, -0.2) is 24.1 Å². The van der Waals surface area contributed by atoms with Crippen LogP contribution in [0, 0.1) is 11.8 Å². The standard InChI is InChI=1S/C22H42O4/c1-17(2)25-21(23)16-14-12-10-8-7-9-11-13-15-19(5)20(6)22(24)26-18(3)4/h17-20H,7-16H2,1-6H3. The predicted octanol–water partition coefficient (Wildman–Crippen LogP) is 6.06. The van der Waals surface area contributed by atoms with Crippen molar-refractivity contribution in [3.05, 3.63) is 0 Å². The SMILES string of the molecule is CC(C)OC(=O)CCCCCCCCCCC(C)C(C)C(=O)OC(C)C. The van der Waals surface area contributed by atoms with Crippen molar-refractivity contribution in [2.45, 2.75) is 118 Å². The highest BCUT2D eigenvalue weighted by Crippen LogP contribution is 2.21. The largest absolute Gasteiger partial charge is 0.463 e. The molecule has 2 unspecified atom stereocenters. The minimum absolute atomic E-state index is 0.00550. The zero-order chi connectivity index (χ0) is 19.9. The summed E-state index contributed by atoms with van der Waals surface area (Å²) in [5, 5.41) is 0. The van der Waals surface area contributed by atoms with Gasteiger partial charge in [-0.25, -0.2) is 0 Å². The van der Waals surface area contributed by atoms with Crippen molar-refractivity contribution >= 4 is 11.9 Å². The molecule has 0 aromatic heterocycles. The molecule has 0 heterocycles. The molecule has 0 aliphatic carbocycles. The molecule has 0 bridgehead atoms. The van der Waals surface area contributed by atoms with Gasteiger partial charge >= 0.3 is 11.9 Å². The lowest BCUT2D eigenvalue weighted by Crippen LogP contribution is -2.24. The van der Waals surface area contributed by atoms with Gasteiger partial charge in [0, 0.05) is 6.42 Å². The van der Waals surface area contributed by atoms with Crippen LogP contribution in [0.3, 0.4) is 0 Å². The number of ether oxygens (including phenoxy) is 2. The van der Waals surface area contributed by atoms with Crippen LogP contribution < -0.4 is 0 Å². The molecule has 0 aliphatic heterocycles. The van der Waals surface area contributed by atoms with Gasteiger partial charge in [0.1, 0.15) is 0 Å². The first-order valence-corrected chi connectivity index (χ1v) is 10.6. The third kappa shape index (κ3) is 14.1. The van der Waals surface area contributed by atoms with E-state index >= 15 is 0 Å². The maximum Gasteiger partial charge on any atom is 0.309 e. The Kier molecular flexibility index (Phi) is 14.4. The molecule has 4 heteroatoms. The third-order valence-electron chi connectivity index (χ3n) is 4.73. The van der Waals surface area contributed by atoms with E-state index in [1.807, 2.05) is 34.6 Å². The highest BCUT2D eigenvalue weighted by atomic mass is 16.5. The van der Waals surface area contributed by atoms with Crippen LogP contribution in [-0.2, 0) is 19.1 Å². The number of hydrogen-bond acceptors (Lipinski definition) is 4. The third-order valence-corrected chi connectivity index (χ3v) is 4.73. The number of unbranched alkanes of at least 4 members (excludes halogenated alkanes) is 7. The van der Waals surface area contributed by atoms with E-state index in [1.54, 1.807) is 0 Å². The number of rotatable bonds is 15. The van der Waals surface area contributed by atoms with E-state index in [-0.39, 0.29) is 30.1 Å². The minimum Gasteiger partial charge on any atom is -0.463 e. The molecular formula is C22H42O4. The van der Waals surface area contributed by atoms with E-state index in [0.717, 1.165) is 19.3 Å². The topological polar surface area (TPSA) is 52.6 Å². The van der Waals surface area contributed by atoms with Crippen molar-refractivity contribution in [3.8, 4) is 0 Å². The van der Waals surface area contributed by atoms with Gasteiger partial charge < -0.3 is 9.47 Å². The normalized spacial score (nSPS) is 13.7. The Balaban J connectivity index is 3.50. The summed E-state index contributed by atoms with van der Waals surface area (Å²) in [5.41, 5.74) is 0. The fourth-order valence-corrected chi connectivity index (χ4v) is 2.94. The van der Waals surface area contributed by atoms with Crippen LogP contribution in [0.5, 0.6) is 0 Å². The first-order chi connectivity index (χ1) is 12.2. The Hall–Kier alpha value is -1.06. The monoisotopic (exact) mass is 370 g/mol. The first-order valence-electron chi connectivity index (χ1n) is 10.6. The number of hydrogen-bond donors (Lipinski definition) is 0. The molecule has 0 saturated heterocycles. The number of esters is 2. The maximum atomic E-state index is 11.9. The molecule has 0 radical (unpaired) electrons. The summed E-state index contributed by atoms with van der Waals surface area (Å²) in [6.45, 7) is 11.7. The van der Waals surface area contributed by atoms with E-state index < -0.39 is 0 Å². The molecule has 0 aromatic carbocycles. The maximum absolute atomic E-state index is 11.9. The zero-order valence-electron chi connectivity index (χ0n) is 18.0. The van der Waals surface area contributed by atoms with Crippen LogP contribution in [0.15, 0.2) is 0 Å². The van der Waals surface area contributed by atoms with Gasteiger partial charge in [-0.05, 0) is 46.5 Å². The van der Waals surface area contributed by atoms with Crippen molar-refractivity contribution in [3.63, 3.8) is 0 Å². The molecule has 154 valence electrons. The van der Waals surface area contributed by atoms with E-state index in [1.165, 1.54) is 38.5 Å². The number of carbonyl (C=O) groups excluding carboxylic acids is 2. The summed E-state index contributed by atoms with van der Waals surface area (Å²) < 4.78 is 10.4. The van der Waals surface area contributed by atoms with Crippen LogP contribution in [0.2, 0.25) is 0 Å². The second-order valence-corrected chi connectivity index (χ2v) is 8.16. The number of carbonyl (C=O) groups is 2. The lowest BCUT2D eigenvalue weighted by atomic mass is 9.90. The second kappa shape index (κ2) is 15.0. The van der Waals surface area contributed by atoms with E-state index in [9.17, 15) is 9.59 Å². The van der Waals surface area contributed by atoms with Gasteiger partial charge in [-0.3, -0.25) is 9.59 Å². The lowest BCUT2D eigenvalue weighted by Gasteiger charge is -2.20. The molecule has 0 N–H and O–H groups in total. The van der Waals surface area contributed by atoms with Crippen molar-refractivity contribution in [1.29, 1.82) is 0 Å². The summed E-state index contributed by atoms with van der Waals surface area (Å²) in [4.78, 5) is 23.3. The Morgan fingerprint density at radius 2 is 1.12 bits per heavy atom. The van der Waals surface area contributed by atoms with Gasteiger partial charge in [-0.15, -0.1) is 0 Å². The Labute approximate surface area is 161 Å². The van der Waals surface area contributed by atoms with Gasteiger partial charge in [0.05, 0.1) is 18.1 Å². The quantitative estimate of drug-likeness (QED) is 0.259. The van der Waals surface area contributed by atoms with Gasteiger partial charge in [0.25, 0.3) is 0 Å². The van der Waals surface area contributed by atoms with Gasteiger partial charge in [0.2, 0.25) is 0 Å². The van der Waals surface area contributed by atoms with Crippen molar-refractivity contribution in [2.24, 2.45) is 11.8 Å². The lowest BCUT2D eigenvalue weighted by molar-refractivity contribution is -0.153. The molecule has 0 aliphatic rings. The zero-order valence-corrected chi connectivity index (χ0v) is 18.0. The fourth-order valence-electron chi connectivity index (χ4n) is 2.94. The van der Waals surface area contributed by atoms with Crippen molar-refractivity contribution in [2.75, 3.05) is 0 Å². The highest BCUT2D eigenvalue weighted by Gasteiger charge is 2.21. The summed E-state index contributed by atoms with van der Waals surface area (Å²) in [6.07, 6.45) is 11.0.